The molecule has 3 unspecified atom stereocenters. The van der Waals surface area contributed by atoms with E-state index in [1.807, 2.05) is 0 Å². The highest BCUT2D eigenvalue weighted by atomic mass is 32.2. The van der Waals surface area contributed by atoms with Gasteiger partial charge in [0.05, 0.1) is 17.9 Å². The Morgan fingerprint density at radius 3 is 2.75 bits per heavy atom. The lowest BCUT2D eigenvalue weighted by Gasteiger charge is -2.30. The van der Waals surface area contributed by atoms with Crippen LogP contribution >= 0.6 is 0 Å². The van der Waals surface area contributed by atoms with Crippen molar-refractivity contribution in [1.82, 2.24) is 9.80 Å². The maximum Gasteiger partial charge on any atom is 0.410 e. The quantitative estimate of drug-likeness (QED) is 0.682. The highest BCUT2D eigenvalue weighted by Gasteiger charge is 2.36. The number of hydrogen-bond acceptors (Lipinski definition) is 6. The minimum atomic E-state index is -2.59. The zero-order valence-electron chi connectivity index (χ0n) is 11.8. The van der Waals surface area contributed by atoms with E-state index >= 15 is 0 Å². The van der Waals surface area contributed by atoms with Crippen molar-refractivity contribution in [3.05, 3.63) is 0 Å². The van der Waals surface area contributed by atoms with Crippen molar-refractivity contribution < 1.29 is 22.5 Å². The van der Waals surface area contributed by atoms with Crippen LogP contribution in [0.3, 0.4) is 0 Å². The number of cyclic esters (lactones) is 1. The van der Waals surface area contributed by atoms with Crippen LogP contribution < -0.4 is 0 Å². The molecule has 0 N–H and O–H groups in total. The maximum absolute atomic E-state index is 11.8. The Morgan fingerprint density at radius 2 is 2.15 bits per heavy atom. The number of rotatable bonds is 5. The first-order chi connectivity index (χ1) is 9.45. The van der Waals surface area contributed by atoms with Crippen LogP contribution in [0.15, 0.2) is 0 Å². The van der Waals surface area contributed by atoms with Gasteiger partial charge in [0.2, 0.25) is 0 Å². The monoisotopic (exact) mass is 305 g/mol. The van der Waals surface area contributed by atoms with Crippen LogP contribution in [0.5, 0.6) is 0 Å². The first kappa shape index (κ1) is 15.7. The molecule has 2 heterocycles. The maximum atomic E-state index is 11.8. The molecule has 8 heteroatoms. The second kappa shape index (κ2) is 6.84. The van der Waals surface area contributed by atoms with Gasteiger partial charge in [0.15, 0.2) is 0 Å². The Morgan fingerprint density at radius 1 is 1.50 bits per heavy atom. The Hall–Kier alpha value is -0.700. The number of carbonyl (C=O) groups is 1. The van der Waals surface area contributed by atoms with Gasteiger partial charge in [-0.05, 0) is 45.8 Å². The van der Waals surface area contributed by atoms with Crippen LogP contribution in [0, 0.1) is 5.92 Å². The predicted octanol–water partition coefficient (Wildman–Crippen LogP) is 0.348. The fourth-order valence-electron chi connectivity index (χ4n) is 2.67. The van der Waals surface area contributed by atoms with E-state index in [9.17, 15) is 13.6 Å². The molecule has 2 rings (SSSR count). The van der Waals surface area contributed by atoms with Crippen molar-refractivity contribution in [2.75, 3.05) is 33.2 Å². The topological polar surface area (TPSA) is 82.1 Å². The van der Waals surface area contributed by atoms with E-state index in [0.29, 0.717) is 19.0 Å². The van der Waals surface area contributed by atoms with Gasteiger partial charge in [0, 0.05) is 6.54 Å². The molecule has 116 valence electrons. The van der Waals surface area contributed by atoms with Gasteiger partial charge in [0.25, 0.3) is 0 Å². The zero-order chi connectivity index (χ0) is 14.7. The summed E-state index contributed by atoms with van der Waals surface area (Å²) in [5.74, 6) is 0.488. The molecule has 0 aliphatic carbocycles. The van der Waals surface area contributed by atoms with Crippen LogP contribution in [0.4, 0.5) is 4.79 Å². The van der Waals surface area contributed by atoms with E-state index in [1.54, 1.807) is 11.8 Å². The van der Waals surface area contributed by atoms with Crippen LogP contribution in [0.2, 0.25) is 0 Å². The third-order valence-corrected chi connectivity index (χ3v) is 4.44. The van der Waals surface area contributed by atoms with Crippen LogP contribution in [0.25, 0.3) is 0 Å². The summed E-state index contributed by atoms with van der Waals surface area (Å²) in [5, 5.41) is 0. The van der Waals surface area contributed by atoms with Gasteiger partial charge in [-0.3, -0.25) is 4.18 Å². The molecule has 2 aliphatic rings. The largest absolute Gasteiger partial charge is 0.750 e. The van der Waals surface area contributed by atoms with Crippen molar-refractivity contribution in [3.63, 3.8) is 0 Å². The molecule has 7 nitrogen and oxygen atoms in total. The summed E-state index contributed by atoms with van der Waals surface area (Å²) in [4.78, 5) is 15.7. The molecule has 0 aromatic rings. The lowest BCUT2D eigenvalue weighted by atomic mass is 9.96. The van der Waals surface area contributed by atoms with E-state index in [4.69, 9.17) is 4.74 Å². The van der Waals surface area contributed by atoms with Gasteiger partial charge >= 0.3 is 6.09 Å². The molecule has 2 aliphatic heterocycles. The number of ether oxygens (including phenoxy) is 1. The minimum Gasteiger partial charge on any atom is -0.750 e. The highest BCUT2D eigenvalue weighted by molar-refractivity contribution is 7.74. The fraction of sp³-hybridized carbons (Fsp3) is 0.917. The number of nitrogens with zero attached hydrogens (tertiary/aromatic N) is 2. The van der Waals surface area contributed by atoms with Crippen molar-refractivity contribution in [2.45, 2.75) is 32.0 Å². The average Bonchev–Trinajstić information content (AvgIpc) is 2.73. The Bertz CT molecular complexity index is 373. The first-order valence-corrected chi connectivity index (χ1v) is 7.86. The van der Waals surface area contributed by atoms with E-state index in [2.05, 4.69) is 16.1 Å². The molecule has 20 heavy (non-hydrogen) atoms. The van der Waals surface area contributed by atoms with Crippen LogP contribution in [0.1, 0.15) is 19.8 Å². The second-order valence-electron chi connectivity index (χ2n) is 5.58. The average molecular weight is 305 g/mol. The lowest BCUT2D eigenvalue weighted by Crippen LogP contribution is -2.38. The van der Waals surface area contributed by atoms with E-state index in [0.717, 1.165) is 25.9 Å². The molecule has 3 atom stereocenters. The SMILES string of the molecule is CC(OS(=O)[O-])C1CN(CC2CCN(C)CC2)C(=O)O1. The number of hydrogen-bond donors (Lipinski definition) is 0. The highest BCUT2D eigenvalue weighted by Crippen LogP contribution is 2.22. The van der Waals surface area contributed by atoms with Crippen molar-refractivity contribution in [3.8, 4) is 0 Å². The molecule has 0 saturated carbocycles. The summed E-state index contributed by atoms with van der Waals surface area (Å²) in [6.07, 6.45) is 0.593. The van der Waals surface area contributed by atoms with Gasteiger partial charge in [-0.1, -0.05) is 0 Å². The van der Waals surface area contributed by atoms with Crippen molar-refractivity contribution in [2.24, 2.45) is 5.92 Å². The smallest absolute Gasteiger partial charge is 0.410 e. The normalized spacial score (nSPS) is 28.4. The summed E-state index contributed by atoms with van der Waals surface area (Å²) in [6, 6.07) is 0. The minimum absolute atomic E-state index is 0.374. The Labute approximate surface area is 121 Å². The van der Waals surface area contributed by atoms with E-state index in [1.165, 1.54) is 0 Å². The molecular formula is C12H21N2O5S-. The fourth-order valence-corrected chi connectivity index (χ4v) is 3.04. The van der Waals surface area contributed by atoms with Crippen LogP contribution in [-0.4, -0.2) is 70.1 Å². The van der Waals surface area contributed by atoms with E-state index in [-0.39, 0.29) is 6.09 Å². The summed E-state index contributed by atoms with van der Waals surface area (Å²) in [6.45, 7) is 4.75. The summed E-state index contributed by atoms with van der Waals surface area (Å²) < 4.78 is 30.8. The van der Waals surface area contributed by atoms with Gasteiger partial charge in [-0.2, -0.15) is 0 Å². The first-order valence-electron chi connectivity index (χ1n) is 6.86. The zero-order valence-corrected chi connectivity index (χ0v) is 12.6. The summed E-state index contributed by atoms with van der Waals surface area (Å²) in [7, 11) is 2.10. The van der Waals surface area contributed by atoms with Crippen LogP contribution in [-0.2, 0) is 20.3 Å². The van der Waals surface area contributed by atoms with Gasteiger partial charge < -0.3 is 19.1 Å². The molecule has 0 aromatic heterocycles. The van der Waals surface area contributed by atoms with Gasteiger partial charge in [-0.15, -0.1) is 0 Å². The molecular weight excluding hydrogens is 284 g/mol. The van der Waals surface area contributed by atoms with Gasteiger partial charge in [0.1, 0.15) is 12.2 Å². The number of likely N-dealkylation sites (tertiary alicyclic amines) is 1. The van der Waals surface area contributed by atoms with E-state index < -0.39 is 23.6 Å². The second-order valence-corrected chi connectivity index (χ2v) is 6.18. The molecule has 0 bridgehead atoms. The third-order valence-electron chi connectivity index (χ3n) is 3.98. The molecule has 0 aromatic carbocycles. The lowest BCUT2D eigenvalue weighted by molar-refractivity contribution is 0.0595. The van der Waals surface area contributed by atoms with Gasteiger partial charge in [-0.25, -0.2) is 9.00 Å². The summed E-state index contributed by atoms with van der Waals surface area (Å²) >= 11 is -2.59. The Balaban J connectivity index is 1.81. The van der Waals surface area contributed by atoms with Crippen molar-refractivity contribution in [1.29, 1.82) is 0 Å². The number of piperidine rings is 1. The molecule has 2 saturated heterocycles. The number of amides is 1. The summed E-state index contributed by atoms with van der Waals surface area (Å²) in [5.41, 5.74) is 0. The molecule has 1 amide bonds. The number of carbonyl (C=O) groups excluding carboxylic acids is 1. The molecule has 2 fully saturated rings. The Kier molecular flexibility index (Phi) is 5.36. The van der Waals surface area contributed by atoms with Crippen molar-refractivity contribution >= 4 is 17.5 Å². The third kappa shape index (κ3) is 4.15. The molecule has 0 radical (unpaired) electrons. The predicted molar refractivity (Wildman–Crippen MR) is 71.5 cm³/mol. The standard InChI is InChI=1S/C12H22N2O5S/c1-9(19-20(16)17)11-8-14(12(15)18-11)7-10-3-5-13(2)6-4-10/h9-11H,3-8H2,1-2H3,(H,16,17)/p-1. The molecule has 0 spiro atoms.